The van der Waals surface area contributed by atoms with Crippen molar-refractivity contribution in [3.63, 3.8) is 0 Å². The van der Waals surface area contributed by atoms with Crippen molar-refractivity contribution in [2.75, 3.05) is 0 Å². The Balaban J connectivity index is 1.41. The molecule has 2 aromatic rings. The minimum Gasteiger partial charge on any atom is -0.350 e. The molecule has 28 heavy (non-hydrogen) atoms. The molecule has 4 nitrogen and oxygen atoms in total. The minimum absolute atomic E-state index is 0.149. The van der Waals surface area contributed by atoms with E-state index in [0.29, 0.717) is 5.92 Å². The molecule has 0 radical (unpaired) electrons. The van der Waals surface area contributed by atoms with Gasteiger partial charge in [0, 0.05) is 29.1 Å². The molecule has 0 unspecified atom stereocenters. The van der Waals surface area contributed by atoms with Crippen LogP contribution in [0.4, 0.5) is 0 Å². The largest absolute Gasteiger partial charge is 0.350 e. The number of carbonyl (C=O) groups is 1. The number of aromatic nitrogens is 2. The van der Waals surface area contributed by atoms with Crippen LogP contribution in [0.3, 0.4) is 0 Å². The first-order valence-corrected chi connectivity index (χ1v) is 10.7. The molecular formula is C24H31N3O. The van der Waals surface area contributed by atoms with Crippen molar-refractivity contribution in [2.45, 2.75) is 70.9 Å². The Morgan fingerprint density at radius 2 is 1.86 bits per heavy atom. The van der Waals surface area contributed by atoms with E-state index in [2.05, 4.69) is 60.3 Å². The Labute approximate surface area is 168 Å². The highest BCUT2D eigenvalue weighted by molar-refractivity contribution is 5.79. The summed E-state index contributed by atoms with van der Waals surface area (Å²) in [4.78, 5) is 12.6. The zero-order valence-corrected chi connectivity index (χ0v) is 17.0. The molecule has 1 amide bonds. The van der Waals surface area contributed by atoms with Crippen LogP contribution in [0.1, 0.15) is 67.0 Å². The Kier molecular flexibility index (Phi) is 5.65. The number of allylic oxidation sites excluding steroid dienone is 1. The average Bonchev–Trinajstić information content (AvgIpc) is 3.27. The van der Waals surface area contributed by atoms with Crippen LogP contribution in [0.2, 0.25) is 0 Å². The standard InChI is InChI=1S/C24H31N3O/c1-17-23(18(2)27(26-17)16-19-9-5-3-6-10-19)21-13-14-22(15-21)25-24(28)20-11-7-4-8-12-20/h3,5-6,9-10,13-14,20-22H,4,7-8,11-12,15-16H2,1-2H3,(H,25,28)/t21-,22-/m1/s1. The predicted molar refractivity (Wildman–Crippen MR) is 112 cm³/mol. The van der Waals surface area contributed by atoms with Crippen LogP contribution < -0.4 is 5.32 Å². The van der Waals surface area contributed by atoms with E-state index in [-0.39, 0.29) is 17.9 Å². The number of nitrogens with zero attached hydrogens (tertiary/aromatic N) is 2. The Morgan fingerprint density at radius 3 is 2.61 bits per heavy atom. The van der Waals surface area contributed by atoms with E-state index in [1.165, 1.54) is 36.1 Å². The number of amides is 1. The first kappa shape index (κ1) is 19.0. The van der Waals surface area contributed by atoms with Crippen LogP contribution in [0, 0.1) is 19.8 Å². The third-order valence-corrected chi connectivity index (χ3v) is 6.37. The quantitative estimate of drug-likeness (QED) is 0.771. The average molecular weight is 378 g/mol. The smallest absolute Gasteiger partial charge is 0.223 e. The Bertz CT molecular complexity index is 846. The van der Waals surface area contributed by atoms with Crippen LogP contribution >= 0.6 is 0 Å². The summed E-state index contributed by atoms with van der Waals surface area (Å²) in [5.41, 5.74) is 4.92. The molecule has 2 aliphatic rings. The SMILES string of the molecule is Cc1nn(Cc2ccccc2)c(C)c1[C@@H]1C=C[C@@H](NC(=O)C2CCCCC2)C1. The molecule has 148 valence electrons. The summed E-state index contributed by atoms with van der Waals surface area (Å²) in [5, 5.41) is 8.09. The van der Waals surface area contributed by atoms with Crippen molar-refractivity contribution in [3.05, 3.63) is 65.0 Å². The van der Waals surface area contributed by atoms with Gasteiger partial charge in [-0.15, -0.1) is 0 Å². The van der Waals surface area contributed by atoms with E-state index in [0.717, 1.165) is 31.5 Å². The van der Waals surface area contributed by atoms with Crippen LogP contribution in [0.25, 0.3) is 0 Å². The van der Waals surface area contributed by atoms with Gasteiger partial charge in [0.15, 0.2) is 0 Å². The molecule has 2 atom stereocenters. The molecule has 0 aliphatic heterocycles. The second kappa shape index (κ2) is 8.34. The van der Waals surface area contributed by atoms with Crippen molar-refractivity contribution >= 4 is 5.91 Å². The van der Waals surface area contributed by atoms with Gasteiger partial charge in [-0.25, -0.2) is 0 Å². The van der Waals surface area contributed by atoms with Crippen LogP contribution in [0.15, 0.2) is 42.5 Å². The molecule has 1 fully saturated rings. The van der Waals surface area contributed by atoms with Gasteiger partial charge in [0.2, 0.25) is 5.91 Å². The van der Waals surface area contributed by atoms with E-state index in [1.807, 2.05) is 6.07 Å². The highest BCUT2D eigenvalue weighted by Gasteiger charge is 2.29. The first-order valence-electron chi connectivity index (χ1n) is 10.7. The van der Waals surface area contributed by atoms with E-state index >= 15 is 0 Å². The molecule has 1 saturated carbocycles. The molecule has 0 bridgehead atoms. The highest BCUT2D eigenvalue weighted by atomic mass is 16.1. The molecule has 1 aromatic heterocycles. The first-order chi connectivity index (χ1) is 13.6. The lowest BCUT2D eigenvalue weighted by molar-refractivity contribution is -0.126. The van der Waals surface area contributed by atoms with E-state index in [1.54, 1.807) is 0 Å². The number of nitrogens with one attached hydrogen (secondary N) is 1. The third-order valence-electron chi connectivity index (χ3n) is 6.37. The lowest BCUT2D eigenvalue weighted by atomic mass is 9.88. The third kappa shape index (κ3) is 4.06. The van der Waals surface area contributed by atoms with Gasteiger partial charge in [-0.05, 0) is 38.7 Å². The molecule has 1 heterocycles. The second-order valence-electron chi connectivity index (χ2n) is 8.40. The normalized spacial score (nSPS) is 22.5. The monoisotopic (exact) mass is 377 g/mol. The van der Waals surface area contributed by atoms with E-state index in [4.69, 9.17) is 5.10 Å². The maximum atomic E-state index is 12.6. The van der Waals surface area contributed by atoms with E-state index < -0.39 is 0 Å². The van der Waals surface area contributed by atoms with Gasteiger partial charge in [0.25, 0.3) is 0 Å². The summed E-state index contributed by atoms with van der Waals surface area (Å²) in [7, 11) is 0. The summed E-state index contributed by atoms with van der Waals surface area (Å²) in [6, 6.07) is 10.6. The fraction of sp³-hybridized carbons (Fsp3) is 0.500. The van der Waals surface area contributed by atoms with Gasteiger partial charge in [0.05, 0.1) is 12.2 Å². The Hall–Kier alpha value is -2.36. The lowest BCUT2D eigenvalue weighted by Gasteiger charge is -2.23. The number of hydrogen-bond acceptors (Lipinski definition) is 2. The zero-order chi connectivity index (χ0) is 19.5. The number of benzene rings is 1. The van der Waals surface area contributed by atoms with Gasteiger partial charge in [-0.1, -0.05) is 61.7 Å². The zero-order valence-electron chi connectivity index (χ0n) is 17.0. The van der Waals surface area contributed by atoms with Gasteiger partial charge >= 0.3 is 0 Å². The van der Waals surface area contributed by atoms with Crippen molar-refractivity contribution < 1.29 is 4.79 Å². The highest BCUT2D eigenvalue weighted by Crippen LogP contribution is 2.33. The summed E-state index contributed by atoms with van der Waals surface area (Å²) in [6.45, 7) is 5.07. The number of carbonyl (C=O) groups excluding carboxylic acids is 1. The van der Waals surface area contributed by atoms with E-state index in [9.17, 15) is 4.79 Å². The summed E-state index contributed by atoms with van der Waals surface area (Å²) in [5.74, 6) is 0.808. The molecule has 0 spiro atoms. The summed E-state index contributed by atoms with van der Waals surface area (Å²) < 4.78 is 2.11. The Morgan fingerprint density at radius 1 is 1.11 bits per heavy atom. The fourth-order valence-corrected chi connectivity index (χ4v) is 4.84. The van der Waals surface area contributed by atoms with Gasteiger partial charge in [-0.2, -0.15) is 5.10 Å². The second-order valence-corrected chi connectivity index (χ2v) is 8.40. The minimum atomic E-state index is 0.149. The van der Waals surface area contributed by atoms with Crippen molar-refractivity contribution in [2.24, 2.45) is 5.92 Å². The van der Waals surface area contributed by atoms with Crippen LogP contribution in [-0.4, -0.2) is 21.7 Å². The maximum Gasteiger partial charge on any atom is 0.223 e. The summed E-state index contributed by atoms with van der Waals surface area (Å²) >= 11 is 0. The molecule has 1 aromatic carbocycles. The van der Waals surface area contributed by atoms with Gasteiger partial charge in [0.1, 0.15) is 0 Å². The summed E-state index contributed by atoms with van der Waals surface area (Å²) in [6.07, 6.45) is 11.2. The molecular weight excluding hydrogens is 346 g/mol. The molecule has 4 heteroatoms. The predicted octanol–water partition coefficient (Wildman–Crippen LogP) is 4.66. The van der Waals surface area contributed by atoms with Crippen LogP contribution in [0.5, 0.6) is 0 Å². The molecule has 0 saturated heterocycles. The van der Waals surface area contributed by atoms with Gasteiger partial charge in [-0.3, -0.25) is 9.48 Å². The van der Waals surface area contributed by atoms with Crippen molar-refractivity contribution in [3.8, 4) is 0 Å². The molecule has 4 rings (SSSR count). The lowest BCUT2D eigenvalue weighted by Crippen LogP contribution is -2.38. The van der Waals surface area contributed by atoms with Crippen molar-refractivity contribution in [1.82, 2.24) is 15.1 Å². The number of aryl methyl sites for hydroxylation is 1. The molecule has 2 aliphatic carbocycles. The molecule has 1 N–H and O–H groups in total. The fourth-order valence-electron chi connectivity index (χ4n) is 4.84. The maximum absolute atomic E-state index is 12.6. The number of rotatable bonds is 5. The van der Waals surface area contributed by atoms with Crippen LogP contribution in [-0.2, 0) is 11.3 Å². The van der Waals surface area contributed by atoms with Gasteiger partial charge < -0.3 is 5.32 Å². The topological polar surface area (TPSA) is 46.9 Å². The van der Waals surface area contributed by atoms with Crippen molar-refractivity contribution in [1.29, 1.82) is 0 Å². The number of hydrogen-bond donors (Lipinski definition) is 1.